The number of ether oxygens (including phenoxy) is 2. The van der Waals surface area contributed by atoms with E-state index in [9.17, 15) is 9.59 Å². The van der Waals surface area contributed by atoms with Gasteiger partial charge >= 0.3 is 5.97 Å². The van der Waals surface area contributed by atoms with Crippen LogP contribution in [-0.2, 0) is 9.53 Å². The molecule has 2 unspecified atom stereocenters. The number of carbonyl (C=O) groups excluding carboxylic acids is 2. The number of rotatable bonds is 8. The standard InChI is InChI=1S/C22H32ClN3O4/c1-3-30-21(27)8-5-9-26-15-6-4-7-16(26)11-14(10-15)25-22(28)17-12-18(23)19(24)13-20(17)29-2/h12-16H,3-11,24H2,1-2H3,(H,25,28). The molecule has 2 atom stereocenters. The van der Waals surface area contributed by atoms with Gasteiger partial charge in [0.1, 0.15) is 5.75 Å². The number of nitrogens with zero attached hydrogens (tertiary/aromatic N) is 1. The lowest BCUT2D eigenvalue weighted by Crippen LogP contribution is -2.57. The van der Waals surface area contributed by atoms with Crippen LogP contribution in [0.2, 0.25) is 5.02 Å². The number of fused-ring (bicyclic) bond motifs is 2. The van der Waals surface area contributed by atoms with E-state index in [0.717, 1.165) is 38.6 Å². The number of carbonyl (C=O) groups is 2. The van der Waals surface area contributed by atoms with E-state index in [1.54, 1.807) is 12.1 Å². The number of hydrogen-bond donors (Lipinski definition) is 2. The molecule has 0 radical (unpaired) electrons. The Balaban J connectivity index is 1.59. The molecule has 2 heterocycles. The summed E-state index contributed by atoms with van der Waals surface area (Å²) >= 11 is 6.12. The number of esters is 1. The second kappa shape index (κ2) is 10.4. The lowest BCUT2D eigenvalue weighted by atomic mass is 9.81. The van der Waals surface area contributed by atoms with Gasteiger partial charge in [-0.3, -0.25) is 14.5 Å². The average molecular weight is 438 g/mol. The van der Waals surface area contributed by atoms with Gasteiger partial charge in [-0.05, 0) is 51.6 Å². The topological polar surface area (TPSA) is 93.9 Å². The lowest BCUT2D eigenvalue weighted by molar-refractivity contribution is -0.143. The Kier molecular flexibility index (Phi) is 7.83. The Morgan fingerprint density at radius 2 is 1.97 bits per heavy atom. The zero-order valence-corrected chi connectivity index (χ0v) is 18.5. The smallest absolute Gasteiger partial charge is 0.305 e. The normalized spacial score (nSPS) is 23.6. The highest BCUT2D eigenvalue weighted by molar-refractivity contribution is 6.33. The van der Waals surface area contributed by atoms with Crippen molar-refractivity contribution in [1.82, 2.24) is 10.2 Å². The molecule has 0 spiro atoms. The van der Waals surface area contributed by atoms with Gasteiger partial charge in [-0.15, -0.1) is 0 Å². The van der Waals surface area contributed by atoms with E-state index in [4.69, 9.17) is 26.8 Å². The molecular weight excluding hydrogens is 406 g/mol. The van der Waals surface area contributed by atoms with Crippen molar-refractivity contribution in [1.29, 1.82) is 0 Å². The van der Waals surface area contributed by atoms with E-state index in [-0.39, 0.29) is 17.9 Å². The van der Waals surface area contributed by atoms with E-state index in [1.807, 2.05) is 6.92 Å². The predicted molar refractivity (Wildman–Crippen MR) is 117 cm³/mol. The van der Waals surface area contributed by atoms with Crippen LogP contribution in [0, 0.1) is 0 Å². The molecule has 3 N–H and O–H groups in total. The van der Waals surface area contributed by atoms with Crippen molar-refractivity contribution < 1.29 is 19.1 Å². The quantitative estimate of drug-likeness (QED) is 0.478. The lowest BCUT2D eigenvalue weighted by Gasteiger charge is -2.49. The highest BCUT2D eigenvalue weighted by atomic mass is 35.5. The van der Waals surface area contributed by atoms with Crippen LogP contribution in [0.3, 0.4) is 0 Å². The molecule has 2 aliphatic heterocycles. The summed E-state index contributed by atoms with van der Waals surface area (Å²) in [4.78, 5) is 27.1. The van der Waals surface area contributed by atoms with Crippen molar-refractivity contribution in [3.63, 3.8) is 0 Å². The van der Waals surface area contributed by atoms with E-state index >= 15 is 0 Å². The summed E-state index contributed by atoms with van der Waals surface area (Å²) in [5.41, 5.74) is 6.61. The molecule has 8 heteroatoms. The Hall–Kier alpha value is -1.99. The Labute approximate surface area is 183 Å². The highest BCUT2D eigenvalue weighted by Gasteiger charge is 2.38. The van der Waals surface area contributed by atoms with Crippen LogP contribution in [-0.4, -0.2) is 55.2 Å². The summed E-state index contributed by atoms with van der Waals surface area (Å²) in [5, 5.41) is 3.52. The summed E-state index contributed by atoms with van der Waals surface area (Å²) in [6.45, 7) is 3.16. The molecule has 166 valence electrons. The molecule has 0 saturated carbocycles. The maximum atomic E-state index is 12.9. The zero-order chi connectivity index (χ0) is 21.7. The molecular formula is C22H32ClN3O4. The molecule has 0 aromatic heterocycles. The number of nitrogens with two attached hydrogens (primary N) is 1. The number of anilines is 1. The summed E-state index contributed by atoms with van der Waals surface area (Å²) in [7, 11) is 1.51. The molecule has 1 amide bonds. The third kappa shape index (κ3) is 5.38. The zero-order valence-electron chi connectivity index (χ0n) is 17.8. The summed E-state index contributed by atoms with van der Waals surface area (Å²) in [6, 6.07) is 4.12. The second-order valence-corrected chi connectivity index (χ2v) is 8.51. The Morgan fingerprint density at radius 1 is 1.27 bits per heavy atom. The maximum absolute atomic E-state index is 12.9. The predicted octanol–water partition coefficient (Wildman–Crippen LogP) is 3.39. The van der Waals surface area contributed by atoms with Crippen LogP contribution in [0.4, 0.5) is 5.69 Å². The number of piperidine rings is 2. The molecule has 2 saturated heterocycles. The van der Waals surface area contributed by atoms with Crippen molar-refractivity contribution in [2.45, 2.75) is 70.0 Å². The van der Waals surface area contributed by atoms with E-state index < -0.39 is 0 Å². The molecule has 1 aromatic carbocycles. The van der Waals surface area contributed by atoms with Crippen LogP contribution in [0.25, 0.3) is 0 Å². The van der Waals surface area contributed by atoms with Gasteiger partial charge in [0.25, 0.3) is 5.91 Å². The van der Waals surface area contributed by atoms with E-state index in [1.165, 1.54) is 13.5 Å². The van der Waals surface area contributed by atoms with Crippen LogP contribution in [0.15, 0.2) is 12.1 Å². The van der Waals surface area contributed by atoms with E-state index in [0.29, 0.717) is 47.1 Å². The fraction of sp³-hybridized carbons (Fsp3) is 0.636. The first kappa shape index (κ1) is 22.7. The fourth-order valence-corrected chi connectivity index (χ4v) is 4.94. The molecule has 0 aliphatic carbocycles. The molecule has 30 heavy (non-hydrogen) atoms. The fourth-order valence-electron chi connectivity index (χ4n) is 4.78. The maximum Gasteiger partial charge on any atom is 0.305 e. The number of nitrogen functional groups attached to an aromatic ring is 1. The van der Waals surface area contributed by atoms with E-state index in [2.05, 4.69) is 10.2 Å². The van der Waals surface area contributed by atoms with Crippen molar-refractivity contribution in [2.75, 3.05) is 26.0 Å². The molecule has 2 aliphatic rings. The minimum Gasteiger partial charge on any atom is -0.496 e. The van der Waals surface area contributed by atoms with Gasteiger partial charge in [0.15, 0.2) is 0 Å². The van der Waals surface area contributed by atoms with Gasteiger partial charge in [-0.2, -0.15) is 0 Å². The minimum absolute atomic E-state index is 0.107. The van der Waals surface area contributed by atoms with Crippen LogP contribution in [0.1, 0.15) is 62.2 Å². The summed E-state index contributed by atoms with van der Waals surface area (Å²) < 4.78 is 10.3. The van der Waals surface area contributed by atoms with Crippen LogP contribution >= 0.6 is 11.6 Å². The number of benzene rings is 1. The highest BCUT2D eigenvalue weighted by Crippen LogP contribution is 2.35. The van der Waals surface area contributed by atoms with Crippen LogP contribution in [0.5, 0.6) is 5.75 Å². The van der Waals surface area contributed by atoms with Crippen molar-refractivity contribution >= 4 is 29.2 Å². The molecule has 1 aromatic rings. The van der Waals surface area contributed by atoms with Gasteiger partial charge < -0.3 is 20.5 Å². The third-order valence-corrected chi connectivity index (χ3v) is 6.45. The van der Waals surface area contributed by atoms with Gasteiger partial charge in [-0.25, -0.2) is 0 Å². The van der Waals surface area contributed by atoms with Gasteiger partial charge in [0, 0.05) is 30.6 Å². The van der Waals surface area contributed by atoms with Crippen molar-refractivity contribution in [2.24, 2.45) is 0 Å². The van der Waals surface area contributed by atoms with Gasteiger partial charge in [0.2, 0.25) is 0 Å². The second-order valence-electron chi connectivity index (χ2n) is 8.10. The Morgan fingerprint density at radius 3 is 2.60 bits per heavy atom. The van der Waals surface area contributed by atoms with Gasteiger partial charge in [0.05, 0.1) is 30.0 Å². The Bertz CT molecular complexity index is 759. The first-order chi connectivity index (χ1) is 14.4. The monoisotopic (exact) mass is 437 g/mol. The summed E-state index contributed by atoms with van der Waals surface area (Å²) in [6.07, 6.45) is 6.55. The summed E-state index contributed by atoms with van der Waals surface area (Å²) in [5.74, 6) is 0.111. The first-order valence-electron chi connectivity index (χ1n) is 10.8. The first-order valence-corrected chi connectivity index (χ1v) is 11.2. The average Bonchev–Trinajstić information content (AvgIpc) is 2.70. The number of hydrogen-bond acceptors (Lipinski definition) is 6. The molecule has 7 nitrogen and oxygen atoms in total. The van der Waals surface area contributed by atoms with Crippen molar-refractivity contribution in [3.05, 3.63) is 22.7 Å². The minimum atomic E-state index is -0.187. The number of amides is 1. The largest absolute Gasteiger partial charge is 0.496 e. The SMILES string of the molecule is CCOC(=O)CCCN1C2CCCC1CC(NC(=O)c1cc(Cl)c(N)cc1OC)C2. The molecule has 2 bridgehead atoms. The molecule has 2 fully saturated rings. The van der Waals surface area contributed by atoms with Crippen molar-refractivity contribution in [3.8, 4) is 5.75 Å². The number of nitrogens with one attached hydrogen (secondary N) is 1. The number of halogens is 1. The third-order valence-electron chi connectivity index (χ3n) is 6.13. The van der Waals surface area contributed by atoms with Crippen LogP contribution < -0.4 is 15.8 Å². The van der Waals surface area contributed by atoms with Gasteiger partial charge in [-0.1, -0.05) is 18.0 Å². The molecule has 3 rings (SSSR count). The number of methoxy groups -OCH3 is 1.